The molecule has 196 valence electrons. The Kier molecular flexibility index (Phi) is 7.62. The number of carbonyl (C=O) groups is 1. The molecule has 1 N–H and O–H groups in total. The zero-order valence-electron chi connectivity index (χ0n) is 19.0. The number of anilines is 2. The average molecular weight is 547 g/mol. The van der Waals surface area contributed by atoms with Gasteiger partial charge in [-0.3, -0.25) is 9.78 Å². The number of nitrogens with zero attached hydrogens (tertiary/aromatic N) is 5. The first kappa shape index (κ1) is 27.6. The van der Waals surface area contributed by atoms with Crippen molar-refractivity contribution in [2.24, 2.45) is 0 Å². The van der Waals surface area contributed by atoms with Crippen molar-refractivity contribution < 1.29 is 53.0 Å². The standard InChI is InChI=1S/C22H16F6N6O2.ClH/c1-12(36-13(2)35)33-11-14(19-17(22(26,27)28)4-3-9-29-19)10-18-31-32-20(34(18)33)30-16-7-5-15(6-8-16)21(23,24)25;/h3-12H,1-2H3;1H. The topological polar surface area (TPSA) is 85.3 Å². The van der Waals surface area contributed by atoms with Crippen LogP contribution in [0.3, 0.4) is 0 Å². The molecule has 0 amide bonds. The summed E-state index contributed by atoms with van der Waals surface area (Å²) in [7, 11) is 0. The van der Waals surface area contributed by atoms with Gasteiger partial charge in [-0.1, -0.05) is 9.20 Å². The van der Waals surface area contributed by atoms with Crippen LogP contribution in [-0.4, -0.2) is 25.7 Å². The number of hydrogen-bond donors (Lipinski definition) is 1. The lowest BCUT2D eigenvalue weighted by molar-refractivity contribution is -0.811. The first-order valence-electron chi connectivity index (χ1n) is 10.3. The van der Waals surface area contributed by atoms with Crippen LogP contribution in [0.5, 0.6) is 0 Å². The molecule has 0 aliphatic rings. The fraction of sp³-hybridized carbons (Fsp3) is 0.227. The number of pyridine rings is 1. The van der Waals surface area contributed by atoms with Crippen molar-refractivity contribution >= 4 is 23.3 Å². The summed E-state index contributed by atoms with van der Waals surface area (Å²) in [5.74, 6) is -0.653. The molecule has 0 bridgehead atoms. The number of alkyl halides is 6. The number of hydrogen-bond acceptors (Lipinski definition) is 6. The number of carbonyl (C=O) groups excluding carboxylic acids is 1. The Morgan fingerprint density at radius 2 is 1.73 bits per heavy atom. The van der Waals surface area contributed by atoms with Crippen LogP contribution in [0.2, 0.25) is 0 Å². The van der Waals surface area contributed by atoms with E-state index in [1.165, 1.54) is 46.7 Å². The normalized spacial score (nSPS) is 12.6. The Morgan fingerprint density at radius 1 is 1.05 bits per heavy atom. The van der Waals surface area contributed by atoms with E-state index in [4.69, 9.17) is 4.74 Å². The van der Waals surface area contributed by atoms with E-state index in [0.29, 0.717) is 0 Å². The fourth-order valence-corrected chi connectivity index (χ4v) is 3.49. The minimum atomic E-state index is -4.69. The maximum Gasteiger partial charge on any atom is 0.418 e. The lowest BCUT2D eigenvalue weighted by atomic mass is 10.1. The fourth-order valence-electron chi connectivity index (χ4n) is 3.49. The molecule has 8 nitrogen and oxygen atoms in total. The van der Waals surface area contributed by atoms with Crippen molar-refractivity contribution in [3.05, 3.63) is 66.0 Å². The molecule has 1 atom stereocenters. The first-order valence-corrected chi connectivity index (χ1v) is 10.3. The summed E-state index contributed by atoms with van der Waals surface area (Å²) in [6.45, 7) is 2.63. The molecule has 3 aromatic heterocycles. The van der Waals surface area contributed by atoms with Crippen molar-refractivity contribution in [3.8, 4) is 11.3 Å². The van der Waals surface area contributed by atoms with E-state index in [1.54, 1.807) is 0 Å². The summed E-state index contributed by atoms with van der Waals surface area (Å²) in [6, 6.07) is 7.46. The van der Waals surface area contributed by atoms with E-state index in [2.05, 4.69) is 20.5 Å². The van der Waals surface area contributed by atoms with E-state index >= 15 is 0 Å². The van der Waals surface area contributed by atoms with Gasteiger partial charge in [0.25, 0.3) is 5.95 Å². The Balaban J connectivity index is 0.00000380. The SMILES string of the molecule is CC(=O)OC(C)[n+]1cc(-c2ncccc2C(F)(F)F)cc2nnc(Nc3ccc(C(F)(F)F)cc3)n21.[Cl-]. The molecule has 0 aliphatic carbocycles. The molecule has 15 heteroatoms. The Hall–Kier alpha value is -3.94. The second kappa shape index (κ2) is 10.2. The predicted molar refractivity (Wildman–Crippen MR) is 113 cm³/mol. The van der Waals surface area contributed by atoms with Crippen molar-refractivity contribution in [1.82, 2.24) is 19.7 Å². The molecule has 0 radical (unpaired) electrons. The number of esters is 1. The maximum absolute atomic E-state index is 13.6. The van der Waals surface area contributed by atoms with E-state index in [1.807, 2.05) is 0 Å². The van der Waals surface area contributed by atoms with Crippen LogP contribution >= 0.6 is 0 Å². The molecule has 0 spiro atoms. The van der Waals surface area contributed by atoms with E-state index in [-0.39, 0.29) is 40.9 Å². The molecular formula is C22H17ClF6N6O2. The summed E-state index contributed by atoms with van der Waals surface area (Å²) >= 11 is 0. The largest absolute Gasteiger partial charge is 1.00 e. The monoisotopic (exact) mass is 546 g/mol. The van der Waals surface area contributed by atoms with Crippen molar-refractivity contribution in [3.63, 3.8) is 0 Å². The van der Waals surface area contributed by atoms with Crippen molar-refractivity contribution in [1.29, 1.82) is 0 Å². The van der Waals surface area contributed by atoms with Gasteiger partial charge in [-0.25, -0.2) is 0 Å². The molecule has 1 aromatic carbocycles. The number of benzene rings is 1. The van der Waals surface area contributed by atoms with Gasteiger partial charge in [-0.05, 0) is 36.4 Å². The number of fused-ring (bicyclic) bond motifs is 1. The Labute approximate surface area is 211 Å². The van der Waals surface area contributed by atoms with Crippen LogP contribution in [0.1, 0.15) is 31.2 Å². The number of rotatable bonds is 5. The predicted octanol–water partition coefficient (Wildman–Crippen LogP) is 1.95. The zero-order valence-corrected chi connectivity index (χ0v) is 19.7. The van der Waals surface area contributed by atoms with Crippen molar-refractivity contribution in [2.75, 3.05) is 5.32 Å². The van der Waals surface area contributed by atoms with Gasteiger partial charge < -0.3 is 22.5 Å². The Morgan fingerprint density at radius 3 is 2.32 bits per heavy atom. The Bertz CT molecular complexity index is 1420. The van der Waals surface area contributed by atoms with Crippen LogP contribution in [0, 0.1) is 0 Å². The highest BCUT2D eigenvalue weighted by molar-refractivity contribution is 5.67. The molecule has 0 fully saturated rings. The van der Waals surface area contributed by atoms with Crippen molar-refractivity contribution in [2.45, 2.75) is 32.4 Å². The highest BCUT2D eigenvalue weighted by atomic mass is 35.5. The smallest absolute Gasteiger partial charge is 0.418 e. The van der Waals surface area contributed by atoms with Gasteiger partial charge in [0, 0.05) is 31.8 Å². The molecule has 4 rings (SSSR count). The van der Waals surface area contributed by atoms with Crippen LogP contribution in [0.15, 0.2) is 54.9 Å². The van der Waals surface area contributed by atoms with E-state index in [9.17, 15) is 31.1 Å². The molecule has 3 heterocycles. The second-order valence-electron chi connectivity index (χ2n) is 7.61. The van der Waals surface area contributed by atoms with Gasteiger partial charge in [0.15, 0.2) is 0 Å². The summed E-state index contributed by atoms with van der Waals surface area (Å²) in [5, 5.41) is 10.8. The molecule has 0 saturated heterocycles. The molecule has 4 aromatic rings. The van der Waals surface area contributed by atoms with Gasteiger partial charge >= 0.3 is 24.5 Å². The first-order chi connectivity index (χ1) is 16.8. The average Bonchev–Trinajstić information content (AvgIpc) is 3.20. The highest BCUT2D eigenvalue weighted by Crippen LogP contribution is 2.36. The number of halogens is 7. The van der Waals surface area contributed by atoms with Gasteiger partial charge in [0.05, 0.1) is 22.4 Å². The van der Waals surface area contributed by atoms with Gasteiger partial charge in [-0.15, -0.1) is 10.2 Å². The third-order valence-corrected chi connectivity index (χ3v) is 5.02. The van der Waals surface area contributed by atoms with E-state index < -0.39 is 35.7 Å². The zero-order chi connectivity index (χ0) is 26.3. The van der Waals surface area contributed by atoms with Gasteiger partial charge in [0.2, 0.25) is 11.8 Å². The summed E-state index contributed by atoms with van der Waals surface area (Å²) in [5.41, 5.74) is -1.90. The van der Waals surface area contributed by atoms with Gasteiger partial charge in [-0.2, -0.15) is 26.3 Å². The summed E-state index contributed by atoms with van der Waals surface area (Å²) in [6.07, 6.45) is -7.76. The number of aromatic nitrogens is 5. The lowest BCUT2D eigenvalue weighted by Gasteiger charge is -2.13. The van der Waals surface area contributed by atoms with Crippen LogP contribution in [0.25, 0.3) is 16.9 Å². The minimum Gasteiger partial charge on any atom is -1.00 e. The minimum absolute atomic E-state index is 0. The molecular weight excluding hydrogens is 530 g/mol. The second-order valence-corrected chi connectivity index (χ2v) is 7.61. The molecule has 37 heavy (non-hydrogen) atoms. The van der Waals surface area contributed by atoms with Crippen LogP contribution in [-0.2, 0) is 21.9 Å². The van der Waals surface area contributed by atoms with Crippen LogP contribution < -0.4 is 22.4 Å². The lowest BCUT2D eigenvalue weighted by Crippen LogP contribution is -3.00. The molecule has 0 saturated carbocycles. The number of ether oxygens (including phenoxy) is 1. The van der Waals surface area contributed by atoms with Crippen LogP contribution in [0.4, 0.5) is 38.0 Å². The molecule has 0 aliphatic heterocycles. The summed E-state index contributed by atoms with van der Waals surface area (Å²) < 4.78 is 87.2. The highest BCUT2D eigenvalue weighted by Gasteiger charge is 2.36. The van der Waals surface area contributed by atoms with Gasteiger partial charge in [0.1, 0.15) is 0 Å². The third-order valence-electron chi connectivity index (χ3n) is 5.02. The van der Waals surface area contributed by atoms with E-state index in [0.717, 1.165) is 31.2 Å². The maximum atomic E-state index is 13.6. The third kappa shape index (κ3) is 5.90. The molecule has 1 unspecified atom stereocenters. The number of nitrogens with one attached hydrogen (secondary N) is 1. The summed E-state index contributed by atoms with van der Waals surface area (Å²) in [4.78, 5) is 15.5. The quantitative estimate of drug-likeness (QED) is 0.234.